The van der Waals surface area contributed by atoms with Gasteiger partial charge < -0.3 is 0 Å². The quantitative estimate of drug-likeness (QED) is 0.659. The Hall–Kier alpha value is -1.50. The summed E-state index contributed by atoms with van der Waals surface area (Å²) in [4.78, 5) is 11.0. The van der Waals surface area contributed by atoms with Gasteiger partial charge in [-0.2, -0.15) is 4.37 Å². The molecular weight excluding hydrogens is 178 g/mol. The van der Waals surface area contributed by atoms with E-state index in [1.165, 1.54) is 16.2 Å². The summed E-state index contributed by atoms with van der Waals surface area (Å²) in [5.41, 5.74) is 0.568. The van der Waals surface area contributed by atoms with Gasteiger partial charge in [-0.25, -0.2) is 9.89 Å². The first-order valence-electron chi connectivity index (χ1n) is 3.21. The van der Waals surface area contributed by atoms with Gasteiger partial charge in [0.15, 0.2) is 0 Å². The van der Waals surface area contributed by atoms with Crippen molar-refractivity contribution in [1.82, 2.24) is 24.6 Å². The molecule has 0 aliphatic carbocycles. The van der Waals surface area contributed by atoms with Gasteiger partial charge in [0.1, 0.15) is 5.00 Å². The first-order chi connectivity index (χ1) is 5.79. The molecule has 0 radical (unpaired) electrons. The van der Waals surface area contributed by atoms with Crippen molar-refractivity contribution >= 4 is 11.5 Å². The summed E-state index contributed by atoms with van der Waals surface area (Å²) in [6.07, 6.45) is 1.68. The molecule has 0 saturated heterocycles. The number of aromatic nitrogens is 5. The Bertz CT molecular complexity index is 440. The number of aromatic amines is 1. The van der Waals surface area contributed by atoms with Gasteiger partial charge in [0.25, 0.3) is 0 Å². The van der Waals surface area contributed by atoms with Crippen LogP contribution in [0, 0.1) is 6.92 Å². The monoisotopic (exact) mass is 183 g/mol. The number of rotatable bonds is 1. The minimum atomic E-state index is -0.345. The molecule has 7 heteroatoms. The third-order valence-electron chi connectivity index (χ3n) is 1.39. The fourth-order valence-electron chi connectivity index (χ4n) is 0.819. The predicted molar refractivity (Wildman–Crippen MR) is 42.4 cm³/mol. The van der Waals surface area contributed by atoms with Crippen LogP contribution < -0.4 is 5.69 Å². The second-order valence-electron chi connectivity index (χ2n) is 2.23. The molecule has 2 aromatic rings. The first kappa shape index (κ1) is 7.17. The van der Waals surface area contributed by atoms with E-state index in [4.69, 9.17) is 0 Å². The zero-order valence-electron chi connectivity index (χ0n) is 6.18. The normalized spacial score (nSPS) is 10.4. The average Bonchev–Trinajstić information content (AvgIpc) is 2.59. The summed E-state index contributed by atoms with van der Waals surface area (Å²) in [6, 6.07) is 0. The Morgan fingerprint density at radius 1 is 1.67 bits per heavy atom. The van der Waals surface area contributed by atoms with Crippen LogP contribution in [-0.2, 0) is 0 Å². The third-order valence-corrected chi connectivity index (χ3v) is 2.27. The topological polar surface area (TPSA) is 76.5 Å². The molecule has 0 unspecified atom stereocenters. The number of nitrogens with zero attached hydrogens (tertiary/aromatic N) is 4. The Labute approximate surface area is 71.0 Å². The molecular formula is C5H5N5OS. The fourth-order valence-corrected chi connectivity index (χ4v) is 1.52. The van der Waals surface area contributed by atoms with Gasteiger partial charge >= 0.3 is 5.69 Å². The molecule has 6 nitrogen and oxygen atoms in total. The second kappa shape index (κ2) is 2.52. The van der Waals surface area contributed by atoms with Crippen LogP contribution in [0.1, 0.15) is 5.56 Å². The van der Waals surface area contributed by atoms with Crippen LogP contribution >= 0.6 is 11.5 Å². The standard InChI is InChI=1S/C5H5N5OS/c1-3-2-6-12-4(3)10-5(11)7-8-9-10/h2H,1H3,(H,7,9,11). The molecule has 0 aliphatic rings. The molecule has 12 heavy (non-hydrogen) atoms. The van der Waals surface area contributed by atoms with Crippen LogP contribution in [0.3, 0.4) is 0 Å². The highest BCUT2D eigenvalue weighted by atomic mass is 32.1. The summed E-state index contributed by atoms with van der Waals surface area (Å²) in [5, 5.41) is 9.87. The molecule has 2 rings (SSSR count). The van der Waals surface area contributed by atoms with Crippen LogP contribution in [0.5, 0.6) is 0 Å². The van der Waals surface area contributed by atoms with E-state index >= 15 is 0 Å². The van der Waals surface area contributed by atoms with Gasteiger partial charge in [0.05, 0.1) is 0 Å². The maximum atomic E-state index is 11.0. The van der Waals surface area contributed by atoms with E-state index in [1.54, 1.807) is 6.20 Å². The van der Waals surface area contributed by atoms with Crippen LogP contribution in [0.4, 0.5) is 0 Å². The maximum Gasteiger partial charge on any atom is 0.366 e. The molecule has 62 valence electrons. The summed E-state index contributed by atoms with van der Waals surface area (Å²) < 4.78 is 5.11. The highest BCUT2D eigenvalue weighted by Crippen LogP contribution is 2.13. The van der Waals surface area contributed by atoms with Crippen molar-refractivity contribution in [2.75, 3.05) is 0 Å². The van der Waals surface area contributed by atoms with Crippen molar-refractivity contribution in [3.05, 3.63) is 22.2 Å². The Kier molecular flexibility index (Phi) is 1.51. The Morgan fingerprint density at radius 3 is 3.00 bits per heavy atom. The van der Waals surface area contributed by atoms with Crippen LogP contribution in [0.2, 0.25) is 0 Å². The largest absolute Gasteiger partial charge is 0.366 e. The number of hydrogen-bond donors (Lipinski definition) is 1. The van der Waals surface area contributed by atoms with E-state index in [0.29, 0.717) is 5.00 Å². The zero-order valence-corrected chi connectivity index (χ0v) is 7.00. The summed E-state index contributed by atoms with van der Waals surface area (Å²) >= 11 is 1.21. The molecule has 0 saturated carbocycles. The van der Waals surface area contributed by atoms with Gasteiger partial charge in [-0.15, -0.1) is 4.68 Å². The summed E-state index contributed by atoms with van der Waals surface area (Å²) in [7, 11) is 0. The minimum absolute atomic E-state index is 0.345. The van der Waals surface area contributed by atoms with E-state index in [-0.39, 0.29) is 5.69 Å². The Morgan fingerprint density at radius 2 is 2.50 bits per heavy atom. The van der Waals surface area contributed by atoms with Gasteiger partial charge in [-0.3, -0.25) is 0 Å². The summed E-state index contributed by atoms with van der Waals surface area (Å²) in [5.74, 6) is 0. The first-order valence-corrected chi connectivity index (χ1v) is 3.98. The molecule has 0 spiro atoms. The summed E-state index contributed by atoms with van der Waals surface area (Å²) in [6.45, 7) is 1.86. The number of aryl methyl sites for hydroxylation is 1. The molecule has 0 aromatic carbocycles. The van der Waals surface area contributed by atoms with Crippen molar-refractivity contribution in [2.45, 2.75) is 6.92 Å². The molecule has 0 bridgehead atoms. The van der Waals surface area contributed by atoms with Crippen molar-refractivity contribution in [3.8, 4) is 5.00 Å². The highest BCUT2D eigenvalue weighted by molar-refractivity contribution is 7.08. The van der Waals surface area contributed by atoms with E-state index in [2.05, 4.69) is 19.9 Å². The minimum Gasteiger partial charge on any atom is -0.244 e. The SMILES string of the molecule is Cc1cnsc1-n1nn[nH]c1=O. The van der Waals surface area contributed by atoms with Crippen LogP contribution in [0.25, 0.3) is 5.00 Å². The lowest BCUT2D eigenvalue weighted by molar-refractivity contribution is 0.786. The van der Waals surface area contributed by atoms with E-state index in [1.807, 2.05) is 6.92 Å². The predicted octanol–water partition coefficient (Wildman–Crippen LogP) is -0.279. The number of tetrazole rings is 1. The van der Waals surface area contributed by atoms with Gasteiger partial charge in [0, 0.05) is 11.8 Å². The van der Waals surface area contributed by atoms with Crippen molar-refractivity contribution in [3.63, 3.8) is 0 Å². The Balaban J connectivity index is 2.65. The molecule has 1 N–H and O–H groups in total. The molecule has 0 fully saturated rings. The molecule has 0 amide bonds. The van der Waals surface area contributed by atoms with E-state index in [9.17, 15) is 4.79 Å². The smallest absolute Gasteiger partial charge is 0.244 e. The molecule has 0 aliphatic heterocycles. The van der Waals surface area contributed by atoms with Gasteiger partial charge in [-0.1, -0.05) is 0 Å². The van der Waals surface area contributed by atoms with Gasteiger partial charge in [-0.05, 0) is 28.9 Å². The number of H-pyrrole nitrogens is 1. The van der Waals surface area contributed by atoms with Crippen molar-refractivity contribution in [1.29, 1.82) is 0 Å². The van der Waals surface area contributed by atoms with E-state index in [0.717, 1.165) is 5.56 Å². The molecule has 0 atom stereocenters. The average molecular weight is 183 g/mol. The fraction of sp³-hybridized carbons (Fsp3) is 0.200. The number of nitrogens with one attached hydrogen (secondary N) is 1. The zero-order chi connectivity index (χ0) is 8.55. The second-order valence-corrected chi connectivity index (χ2v) is 3.01. The van der Waals surface area contributed by atoms with Crippen LogP contribution in [0.15, 0.2) is 11.0 Å². The van der Waals surface area contributed by atoms with E-state index < -0.39 is 0 Å². The lowest BCUT2D eigenvalue weighted by Crippen LogP contribution is -2.15. The lowest BCUT2D eigenvalue weighted by atomic mass is 10.4. The highest BCUT2D eigenvalue weighted by Gasteiger charge is 2.07. The maximum absolute atomic E-state index is 11.0. The number of hydrogen-bond acceptors (Lipinski definition) is 5. The van der Waals surface area contributed by atoms with Crippen LogP contribution in [-0.4, -0.2) is 24.6 Å². The third kappa shape index (κ3) is 0.944. The van der Waals surface area contributed by atoms with Crippen molar-refractivity contribution < 1.29 is 0 Å². The van der Waals surface area contributed by atoms with Crippen molar-refractivity contribution in [2.24, 2.45) is 0 Å². The molecule has 2 heterocycles. The lowest BCUT2D eigenvalue weighted by Gasteiger charge is -1.90. The molecule has 2 aromatic heterocycles. The van der Waals surface area contributed by atoms with Gasteiger partial charge in [0.2, 0.25) is 0 Å².